The Kier molecular flexibility index (Phi) is 6.75. The highest BCUT2D eigenvalue weighted by Gasteiger charge is 2.08. The molecule has 0 aliphatic heterocycles. The van der Waals surface area contributed by atoms with E-state index in [-0.39, 0.29) is 18.9 Å². The molecule has 0 aliphatic rings. The minimum atomic E-state index is -3.59. The Balaban J connectivity index is 1.82. The van der Waals surface area contributed by atoms with Crippen molar-refractivity contribution in [1.29, 1.82) is 0 Å². The molecule has 2 aromatic rings. The van der Waals surface area contributed by atoms with Gasteiger partial charge in [-0.2, -0.15) is 0 Å². The molecule has 2 N–H and O–H groups in total. The second kappa shape index (κ2) is 8.80. The van der Waals surface area contributed by atoms with E-state index in [0.29, 0.717) is 10.7 Å². The minimum absolute atomic E-state index is 0.0138. The third kappa shape index (κ3) is 6.70. The van der Waals surface area contributed by atoms with Gasteiger partial charge in [0, 0.05) is 29.1 Å². The van der Waals surface area contributed by atoms with Crippen LogP contribution in [-0.2, 0) is 14.8 Å². The second-order valence-corrected chi connectivity index (χ2v) is 7.50. The molecule has 5 nitrogen and oxygen atoms in total. The normalized spacial score (nSPS) is 11.6. The molecule has 0 aromatic heterocycles. The smallest absolute Gasteiger partial charge is 0.233 e. The maximum absolute atomic E-state index is 11.9. The number of rotatable bonds is 7. The van der Waals surface area contributed by atoms with Gasteiger partial charge in [-0.05, 0) is 42.3 Å². The predicted octanol–water partition coefficient (Wildman–Crippen LogP) is 3.57. The Labute approximate surface area is 152 Å². The van der Waals surface area contributed by atoms with Crippen molar-refractivity contribution in [3.63, 3.8) is 0 Å². The number of aryl methyl sites for hydroxylation is 1. The predicted molar refractivity (Wildman–Crippen MR) is 102 cm³/mol. The molecule has 1 amide bonds. The molecule has 7 heteroatoms. The molecule has 0 saturated carbocycles. The zero-order chi connectivity index (χ0) is 18.3. The summed E-state index contributed by atoms with van der Waals surface area (Å²) in [5, 5.41) is 4.41. The van der Waals surface area contributed by atoms with Crippen LogP contribution in [0.1, 0.15) is 17.5 Å². The zero-order valence-electron chi connectivity index (χ0n) is 13.7. The van der Waals surface area contributed by atoms with Gasteiger partial charge in [-0.3, -0.25) is 4.79 Å². The molecule has 0 aliphatic carbocycles. The third-order valence-electron chi connectivity index (χ3n) is 3.36. The van der Waals surface area contributed by atoms with E-state index >= 15 is 0 Å². The standard InChI is InChI=1S/C18H19ClN2O3S/c1-14-13-16(19)7-8-17(14)21-18(22)9-11-20-25(23,24)12-10-15-5-3-2-4-6-15/h2-8,10,12-13,20H,9,11H2,1H3,(H,21,22). The lowest BCUT2D eigenvalue weighted by Gasteiger charge is -2.09. The van der Waals surface area contributed by atoms with Gasteiger partial charge in [-0.1, -0.05) is 41.9 Å². The summed E-state index contributed by atoms with van der Waals surface area (Å²) in [7, 11) is -3.59. The molecule has 132 valence electrons. The molecule has 0 heterocycles. The van der Waals surface area contributed by atoms with Crippen molar-refractivity contribution in [3.8, 4) is 0 Å². The number of halogens is 1. The quantitative estimate of drug-likeness (QED) is 0.773. The first-order chi connectivity index (χ1) is 11.9. The highest BCUT2D eigenvalue weighted by Crippen LogP contribution is 2.19. The van der Waals surface area contributed by atoms with Crippen LogP contribution >= 0.6 is 11.6 Å². The summed E-state index contributed by atoms with van der Waals surface area (Å²) in [6, 6.07) is 14.2. The maximum atomic E-state index is 11.9. The second-order valence-electron chi connectivity index (χ2n) is 5.41. The molecular formula is C18H19ClN2O3S. The fourth-order valence-electron chi connectivity index (χ4n) is 2.07. The number of nitrogens with one attached hydrogen (secondary N) is 2. The molecule has 0 atom stereocenters. The third-order valence-corrected chi connectivity index (χ3v) is 4.69. The molecule has 0 bridgehead atoms. The largest absolute Gasteiger partial charge is 0.326 e. The summed E-state index contributed by atoms with van der Waals surface area (Å²) in [5.74, 6) is -0.278. The van der Waals surface area contributed by atoms with Gasteiger partial charge < -0.3 is 5.32 Å². The highest BCUT2D eigenvalue weighted by molar-refractivity contribution is 7.92. The number of benzene rings is 2. The zero-order valence-corrected chi connectivity index (χ0v) is 15.3. The number of carbonyl (C=O) groups is 1. The first-order valence-corrected chi connectivity index (χ1v) is 9.57. The summed E-state index contributed by atoms with van der Waals surface area (Å²) < 4.78 is 26.2. The molecule has 25 heavy (non-hydrogen) atoms. The van der Waals surface area contributed by atoms with Gasteiger partial charge in [0.2, 0.25) is 15.9 Å². The van der Waals surface area contributed by atoms with Crippen LogP contribution < -0.4 is 10.0 Å². The number of hydrogen-bond acceptors (Lipinski definition) is 3. The number of sulfonamides is 1. The molecule has 0 unspecified atom stereocenters. The van der Waals surface area contributed by atoms with Crippen molar-refractivity contribution in [2.24, 2.45) is 0 Å². The average molecular weight is 379 g/mol. The number of hydrogen-bond donors (Lipinski definition) is 2. The molecular weight excluding hydrogens is 360 g/mol. The monoisotopic (exact) mass is 378 g/mol. The minimum Gasteiger partial charge on any atom is -0.326 e. The molecule has 0 saturated heterocycles. The average Bonchev–Trinajstić information content (AvgIpc) is 2.56. The van der Waals surface area contributed by atoms with Crippen molar-refractivity contribution < 1.29 is 13.2 Å². The number of anilines is 1. The van der Waals surface area contributed by atoms with Crippen LogP contribution in [0.5, 0.6) is 0 Å². The molecule has 2 aromatic carbocycles. The van der Waals surface area contributed by atoms with Crippen molar-refractivity contribution >= 4 is 39.3 Å². The molecule has 0 fully saturated rings. The lowest BCUT2D eigenvalue weighted by Crippen LogP contribution is -2.26. The van der Waals surface area contributed by atoms with Crippen molar-refractivity contribution in [3.05, 3.63) is 70.1 Å². The van der Waals surface area contributed by atoms with Gasteiger partial charge in [0.25, 0.3) is 0 Å². The van der Waals surface area contributed by atoms with Gasteiger partial charge in [-0.25, -0.2) is 13.1 Å². The molecule has 0 spiro atoms. The van der Waals surface area contributed by atoms with Gasteiger partial charge in [0.15, 0.2) is 0 Å². The Morgan fingerprint density at radius 1 is 1.16 bits per heavy atom. The van der Waals surface area contributed by atoms with E-state index in [0.717, 1.165) is 16.5 Å². The van der Waals surface area contributed by atoms with E-state index in [2.05, 4.69) is 10.0 Å². The summed E-state index contributed by atoms with van der Waals surface area (Å²) in [6.45, 7) is 1.85. The van der Waals surface area contributed by atoms with Gasteiger partial charge in [-0.15, -0.1) is 0 Å². The fourth-order valence-corrected chi connectivity index (χ4v) is 3.11. The van der Waals surface area contributed by atoms with E-state index in [4.69, 9.17) is 11.6 Å². The lowest BCUT2D eigenvalue weighted by molar-refractivity contribution is -0.116. The van der Waals surface area contributed by atoms with Crippen molar-refractivity contribution in [1.82, 2.24) is 4.72 Å². The maximum Gasteiger partial charge on any atom is 0.233 e. The molecule has 2 rings (SSSR count). The van der Waals surface area contributed by atoms with Crippen LogP contribution in [0, 0.1) is 6.92 Å². The number of carbonyl (C=O) groups excluding carboxylic acids is 1. The Hall–Kier alpha value is -2.15. The fraction of sp³-hybridized carbons (Fsp3) is 0.167. The summed E-state index contributed by atoms with van der Waals surface area (Å²) in [5.41, 5.74) is 2.28. The van der Waals surface area contributed by atoms with Crippen LogP contribution in [0.4, 0.5) is 5.69 Å². The summed E-state index contributed by atoms with van der Waals surface area (Å²) in [4.78, 5) is 11.9. The van der Waals surface area contributed by atoms with Crippen LogP contribution in [-0.4, -0.2) is 20.9 Å². The summed E-state index contributed by atoms with van der Waals surface area (Å²) >= 11 is 5.87. The highest BCUT2D eigenvalue weighted by atomic mass is 35.5. The summed E-state index contributed by atoms with van der Waals surface area (Å²) in [6.07, 6.45) is 1.53. The SMILES string of the molecule is Cc1cc(Cl)ccc1NC(=O)CCNS(=O)(=O)C=Cc1ccccc1. The van der Waals surface area contributed by atoms with Crippen molar-refractivity contribution in [2.45, 2.75) is 13.3 Å². The van der Waals surface area contributed by atoms with Crippen molar-refractivity contribution in [2.75, 3.05) is 11.9 Å². The van der Waals surface area contributed by atoms with Gasteiger partial charge in [0.05, 0.1) is 0 Å². The Morgan fingerprint density at radius 2 is 1.88 bits per heavy atom. The van der Waals surface area contributed by atoms with E-state index in [1.807, 2.05) is 25.1 Å². The van der Waals surface area contributed by atoms with E-state index in [1.165, 1.54) is 6.08 Å². The first-order valence-electron chi connectivity index (χ1n) is 7.64. The lowest BCUT2D eigenvalue weighted by atomic mass is 10.2. The van der Waals surface area contributed by atoms with E-state index < -0.39 is 10.0 Å². The molecule has 0 radical (unpaired) electrons. The Bertz CT molecular complexity index is 865. The van der Waals surface area contributed by atoms with Gasteiger partial charge in [0.1, 0.15) is 0 Å². The first kappa shape index (κ1) is 19.2. The van der Waals surface area contributed by atoms with Crippen LogP contribution in [0.2, 0.25) is 5.02 Å². The topological polar surface area (TPSA) is 75.3 Å². The van der Waals surface area contributed by atoms with E-state index in [1.54, 1.807) is 30.3 Å². The Morgan fingerprint density at radius 3 is 2.56 bits per heavy atom. The van der Waals surface area contributed by atoms with Crippen LogP contribution in [0.3, 0.4) is 0 Å². The van der Waals surface area contributed by atoms with Crippen LogP contribution in [0.15, 0.2) is 53.9 Å². The van der Waals surface area contributed by atoms with Crippen LogP contribution in [0.25, 0.3) is 6.08 Å². The van der Waals surface area contributed by atoms with Gasteiger partial charge >= 0.3 is 0 Å². The van der Waals surface area contributed by atoms with E-state index in [9.17, 15) is 13.2 Å². The number of amides is 1.